The van der Waals surface area contributed by atoms with E-state index in [0.29, 0.717) is 6.54 Å². The van der Waals surface area contributed by atoms with Gasteiger partial charge in [-0.3, -0.25) is 0 Å². The van der Waals surface area contributed by atoms with Gasteiger partial charge in [-0.05, 0) is 26.3 Å². The van der Waals surface area contributed by atoms with Crippen LogP contribution in [-0.2, 0) is 10.2 Å². The Labute approximate surface area is 122 Å². The Morgan fingerprint density at radius 2 is 1.75 bits per heavy atom. The summed E-state index contributed by atoms with van der Waals surface area (Å²) in [5.74, 6) is 0. The molecule has 0 saturated heterocycles. The summed E-state index contributed by atoms with van der Waals surface area (Å²) in [5.41, 5.74) is 0.828. The maximum Gasteiger partial charge on any atom is 0.278 e. The number of rotatable bonds is 7. The van der Waals surface area contributed by atoms with Gasteiger partial charge >= 0.3 is 0 Å². The normalized spacial score (nSPS) is 14.5. The fourth-order valence-corrected chi connectivity index (χ4v) is 2.66. The Hall–Kier alpha value is -0.950. The van der Waals surface area contributed by atoms with Crippen LogP contribution >= 0.6 is 0 Å². The molecule has 0 saturated carbocycles. The van der Waals surface area contributed by atoms with Gasteiger partial charge in [-0.2, -0.15) is 12.7 Å². The summed E-state index contributed by atoms with van der Waals surface area (Å²) >= 11 is 0. The van der Waals surface area contributed by atoms with Gasteiger partial charge in [0.15, 0.2) is 0 Å². The predicted octanol–water partition coefficient (Wildman–Crippen LogP) is 1.51. The molecule has 0 spiro atoms. The van der Waals surface area contributed by atoms with E-state index in [4.69, 9.17) is 0 Å². The molecule has 0 bridgehead atoms. The second-order valence-corrected chi connectivity index (χ2v) is 7.74. The molecule has 0 aromatic heterocycles. The summed E-state index contributed by atoms with van der Waals surface area (Å²) in [6.07, 6.45) is 0. The molecule has 0 aliphatic heterocycles. The van der Waals surface area contributed by atoms with Crippen LogP contribution in [0.3, 0.4) is 0 Å². The lowest BCUT2D eigenvalue weighted by molar-refractivity contribution is 0.343. The lowest BCUT2D eigenvalue weighted by Gasteiger charge is -2.31. The van der Waals surface area contributed by atoms with E-state index in [1.54, 1.807) is 0 Å². The fourth-order valence-electron chi connectivity index (χ4n) is 1.86. The monoisotopic (exact) mass is 299 g/mol. The zero-order chi connectivity index (χ0) is 15.4. The Morgan fingerprint density at radius 3 is 2.25 bits per heavy atom. The van der Waals surface area contributed by atoms with Crippen molar-refractivity contribution in [3.05, 3.63) is 35.9 Å². The molecule has 0 amide bonds. The van der Waals surface area contributed by atoms with Crippen molar-refractivity contribution in [3.8, 4) is 0 Å². The second kappa shape index (κ2) is 6.67. The number of benzene rings is 1. The molecule has 5 nitrogen and oxygen atoms in total. The second-order valence-electron chi connectivity index (χ2n) is 5.77. The average Bonchev–Trinajstić information content (AvgIpc) is 2.37. The highest BCUT2D eigenvalue weighted by Crippen LogP contribution is 2.15. The molecule has 1 aromatic rings. The van der Waals surface area contributed by atoms with E-state index < -0.39 is 10.2 Å². The van der Waals surface area contributed by atoms with Crippen LogP contribution in [0.15, 0.2) is 30.3 Å². The first-order valence-electron chi connectivity index (χ1n) is 6.64. The zero-order valence-corrected chi connectivity index (χ0v) is 13.7. The van der Waals surface area contributed by atoms with E-state index in [0.717, 1.165) is 0 Å². The first kappa shape index (κ1) is 17.1. The van der Waals surface area contributed by atoms with Gasteiger partial charge < -0.3 is 5.32 Å². The first-order valence-corrected chi connectivity index (χ1v) is 8.08. The fraction of sp³-hybridized carbons (Fsp3) is 0.571. The van der Waals surface area contributed by atoms with Gasteiger partial charge in [0.2, 0.25) is 0 Å². The molecular weight excluding hydrogens is 274 g/mol. The smallest absolute Gasteiger partial charge is 0.278 e. The van der Waals surface area contributed by atoms with E-state index in [1.807, 2.05) is 32.0 Å². The highest BCUT2D eigenvalue weighted by Gasteiger charge is 2.24. The highest BCUT2D eigenvalue weighted by atomic mass is 32.2. The van der Waals surface area contributed by atoms with Gasteiger partial charge in [0.05, 0.1) is 0 Å². The molecule has 0 aliphatic carbocycles. The topological polar surface area (TPSA) is 61.4 Å². The third-order valence-corrected chi connectivity index (χ3v) is 4.55. The van der Waals surface area contributed by atoms with Gasteiger partial charge in [0, 0.05) is 32.2 Å². The van der Waals surface area contributed by atoms with Crippen LogP contribution in [0.4, 0.5) is 0 Å². The SMILES string of the molecule is CC(NC(C)(C)CNS(=O)(=O)N(C)C)c1ccccc1. The number of nitrogens with zero attached hydrogens (tertiary/aromatic N) is 1. The third-order valence-electron chi connectivity index (χ3n) is 3.08. The summed E-state index contributed by atoms with van der Waals surface area (Å²) in [6, 6.07) is 10.2. The molecule has 20 heavy (non-hydrogen) atoms. The van der Waals surface area contributed by atoms with Crippen LogP contribution in [0.5, 0.6) is 0 Å². The van der Waals surface area contributed by atoms with E-state index in [1.165, 1.54) is 24.0 Å². The van der Waals surface area contributed by atoms with Crippen molar-refractivity contribution in [1.82, 2.24) is 14.3 Å². The standard InChI is InChI=1S/C14H25N3O2S/c1-12(13-9-7-6-8-10-13)16-14(2,3)11-15-20(18,19)17(4)5/h6-10,12,15-16H,11H2,1-5H3. The summed E-state index contributed by atoms with van der Waals surface area (Å²) in [5, 5.41) is 3.44. The van der Waals surface area contributed by atoms with Gasteiger partial charge in [-0.15, -0.1) is 0 Å². The Bertz CT molecular complexity index is 512. The number of hydrogen-bond donors (Lipinski definition) is 2. The molecule has 6 heteroatoms. The quantitative estimate of drug-likeness (QED) is 0.802. The Balaban J connectivity index is 2.62. The Morgan fingerprint density at radius 1 is 1.20 bits per heavy atom. The minimum absolute atomic E-state index is 0.148. The van der Waals surface area contributed by atoms with Crippen molar-refractivity contribution in [2.45, 2.75) is 32.4 Å². The van der Waals surface area contributed by atoms with Crippen LogP contribution in [-0.4, -0.2) is 38.9 Å². The molecule has 1 rings (SSSR count). The van der Waals surface area contributed by atoms with Crippen molar-refractivity contribution in [3.63, 3.8) is 0 Å². The molecule has 0 fully saturated rings. The first-order chi connectivity index (χ1) is 9.14. The van der Waals surface area contributed by atoms with Crippen LogP contribution in [0.2, 0.25) is 0 Å². The third kappa shape index (κ3) is 5.20. The number of nitrogens with one attached hydrogen (secondary N) is 2. The zero-order valence-electron chi connectivity index (χ0n) is 12.8. The molecule has 1 aromatic carbocycles. The molecule has 2 N–H and O–H groups in total. The van der Waals surface area contributed by atoms with Crippen molar-refractivity contribution >= 4 is 10.2 Å². The molecule has 0 aliphatic rings. The van der Waals surface area contributed by atoms with Gasteiger partial charge in [0.25, 0.3) is 10.2 Å². The van der Waals surface area contributed by atoms with Crippen LogP contribution < -0.4 is 10.0 Å². The summed E-state index contributed by atoms with van der Waals surface area (Å²) in [4.78, 5) is 0. The summed E-state index contributed by atoms with van der Waals surface area (Å²) in [6.45, 7) is 6.34. The van der Waals surface area contributed by atoms with E-state index >= 15 is 0 Å². The minimum atomic E-state index is -3.39. The largest absolute Gasteiger partial charge is 0.304 e. The van der Waals surface area contributed by atoms with Crippen molar-refractivity contribution in [2.75, 3.05) is 20.6 Å². The van der Waals surface area contributed by atoms with E-state index in [2.05, 4.69) is 29.1 Å². The van der Waals surface area contributed by atoms with Crippen molar-refractivity contribution in [2.24, 2.45) is 0 Å². The summed E-state index contributed by atoms with van der Waals surface area (Å²) < 4.78 is 27.2. The lowest BCUT2D eigenvalue weighted by atomic mass is 10.0. The molecule has 1 atom stereocenters. The van der Waals surface area contributed by atoms with E-state index in [-0.39, 0.29) is 11.6 Å². The molecular formula is C14H25N3O2S. The molecule has 0 heterocycles. The molecule has 0 radical (unpaired) electrons. The van der Waals surface area contributed by atoms with Crippen molar-refractivity contribution < 1.29 is 8.42 Å². The van der Waals surface area contributed by atoms with Crippen LogP contribution in [0.1, 0.15) is 32.4 Å². The average molecular weight is 299 g/mol. The van der Waals surface area contributed by atoms with Gasteiger partial charge in [-0.25, -0.2) is 4.72 Å². The van der Waals surface area contributed by atoms with Gasteiger partial charge in [-0.1, -0.05) is 30.3 Å². The van der Waals surface area contributed by atoms with Crippen LogP contribution in [0, 0.1) is 0 Å². The van der Waals surface area contributed by atoms with E-state index in [9.17, 15) is 8.42 Å². The van der Waals surface area contributed by atoms with Crippen molar-refractivity contribution in [1.29, 1.82) is 0 Å². The molecule has 1 unspecified atom stereocenters. The minimum Gasteiger partial charge on any atom is -0.304 e. The summed E-state index contributed by atoms with van der Waals surface area (Å²) in [7, 11) is -0.370. The Kier molecular flexibility index (Phi) is 5.70. The lowest BCUT2D eigenvalue weighted by Crippen LogP contribution is -2.51. The maximum atomic E-state index is 11.7. The maximum absolute atomic E-state index is 11.7. The van der Waals surface area contributed by atoms with Gasteiger partial charge in [0.1, 0.15) is 0 Å². The predicted molar refractivity (Wildman–Crippen MR) is 82.7 cm³/mol. The number of hydrogen-bond acceptors (Lipinski definition) is 3. The highest BCUT2D eigenvalue weighted by molar-refractivity contribution is 7.87. The van der Waals surface area contributed by atoms with Crippen LogP contribution in [0.25, 0.3) is 0 Å². The molecule has 114 valence electrons.